The molecule has 0 fully saturated rings. The van der Waals surface area contributed by atoms with Gasteiger partial charge in [-0.3, -0.25) is 4.79 Å². The number of rotatable bonds is 7. The summed E-state index contributed by atoms with van der Waals surface area (Å²) in [6.45, 7) is 3.03. The standard InChI is InChI=1S/C16H19NO4/c1-3-9-20-13-6-4-5-12(10-13)17-16(18)15-8-7-14(21-15)11-19-2/h4-8,10H,3,9,11H2,1-2H3,(H,17,18). The van der Waals surface area contributed by atoms with Gasteiger partial charge in [-0.2, -0.15) is 0 Å². The third-order valence-electron chi connectivity index (χ3n) is 2.74. The van der Waals surface area contributed by atoms with Crippen LogP contribution < -0.4 is 10.1 Å². The Labute approximate surface area is 123 Å². The second-order valence-corrected chi connectivity index (χ2v) is 4.53. The highest BCUT2D eigenvalue weighted by atomic mass is 16.5. The van der Waals surface area contributed by atoms with Crippen molar-refractivity contribution in [3.63, 3.8) is 0 Å². The SMILES string of the molecule is CCCOc1cccc(NC(=O)c2ccc(COC)o2)c1. The Bertz CT molecular complexity index is 591. The van der Waals surface area contributed by atoms with Crippen LogP contribution in [-0.2, 0) is 11.3 Å². The number of ether oxygens (including phenoxy) is 2. The molecule has 0 bridgehead atoms. The van der Waals surface area contributed by atoms with Gasteiger partial charge < -0.3 is 19.2 Å². The Morgan fingerprint density at radius 2 is 2.14 bits per heavy atom. The first kappa shape index (κ1) is 15.1. The Hall–Kier alpha value is -2.27. The summed E-state index contributed by atoms with van der Waals surface area (Å²) in [6.07, 6.45) is 0.936. The Morgan fingerprint density at radius 1 is 1.29 bits per heavy atom. The molecule has 21 heavy (non-hydrogen) atoms. The minimum Gasteiger partial charge on any atom is -0.494 e. The van der Waals surface area contributed by atoms with Crippen LogP contribution in [0.15, 0.2) is 40.8 Å². The number of hydrogen-bond acceptors (Lipinski definition) is 4. The Balaban J connectivity index is 2.01. The van der Waals surface area contributed by atoms with Gasteiger partial charge in [-0.25, -0.2) is 0 Å². The molecular formula is C16H19NO4. The van der Waals surface area contributed by atoms with Crippen LogP contribution in [0.4, 0.5) is 5.69 Å². The largest absolute Gasteiger partial charge is 0.494 e. The lowest BCUT2D eigenvalue weighted by molar-refractivity contribution is 0.0987. The summed E-state index contributed by atoms with van der Waals surface area (Å²) < 4.78 is 15.9. The van der Waals surface area contributed by atoms with Crippen molar-refractivity contribution in [3.05, 3.63) is 47.9 Å². The van der Waals surface area contributed by atoms with Gasteiger partial charge in [-0.15, -0.1) is 0 Å². The van der Waals surface area contributed by atoms with Crippen LogP contribution in [0.2, 0.25) is 0 Å². The molecule has 1 amide bonds. The summed E-state index contributed by atoms with van der Waals surface area (Å²) in [4.78, 5) is 12.1. The van der Waals surface area contributed by atoms with E-state index in [4.69, 9.17) is 13.9 Å². The molecule has 5 heteroatoms. The third kappa shape index (κ3) is 4.36. The van der Waals surface area contributed by atoms with Crippen LogP contribution in [0.3, 0.4) is 0 Å². The maximum Gasteiger partial charge on any atom is 0.291 e. The van der Waals surface area contributed by atoms with Crippen LogP contribution in [0.25, 0.3) is 0 Å². The number of furan rings is 1. The first-order valence-electron chi connectivity index (χ1n) is 6.84. The van der Waals surface area contributed by atoms with E-state index in [9.17, 15) is 4.79 Å². The van der Waals surface area contributed by atoms with Crippen LogP contribution in [0.5, 0.6) is 5.75 Å². The van der Waals surface area contributed by atoms with Crippen LogP contribution in [0, 0.1) is 0 Å². The summed E-state index contributed by atoms with van der Waals surface area (Å²) in [6, 6.07) is 10.6. The molecule has 5 nitrogen and oxygen atoms in total. The highest BCUT2D eigenvalue weighted by Crippen LogP contribution is 2.19. The molecule has 2 rings (SSSR count). The molecule has 0 aliphatic rings. The molecule has 1 aromatic heterocycles. The predicted molar refractivity (Wildman–Crippen MR) is 79.6 cm³/mol. The van der Waals surface area contributed by atoms with Crippen LogP contribution >= 0.6 is 0 Å². The summed E-state index contributed by atoms with van der Waals surface area (Å²) in [7, 11) is 1.57. The van der Waals surface area contributed by atoms with E-state index in [2.05, 4.69) is 5.32 Å². The van der Waals surface area contributed by atoms with E-state index in [-0.39, 0.29) is 11.7 Å². The zero-order valence-corrected chi connectivity index (χ0v) is 12.2. The fraction of sp³-hybridized carbons (Fsp3) is 0.312. The number of nitrogens with one attached hydrogen (secondary N) is 1. The van der Waals surface area contributed by atoms with E-state index in [1.54, 1.807) is 31.4 Å². The Kier molecular flexibility index (Phi) is 5.40. The van der Waals surface area contributed by atoms with Crippen LogP contribution in [-0.4, -0.2) is 19.6 Å². The minimum absolute atomic E-state index is 0.252. The van der Waals surface area contributed by atoms with Gasteiger partial charge >= 0.3 is 0 Å². The van der Waals surface area contributed by atoms with E-state index in [0.717, 1.165) is 12.2 Å². The second kappa shape index (κ2) is 7.50. The van der Waals surface area contributed by atoms with Crippen molar-refractivity contribution in [2.75, 3.05) is 19.0 Å². The lowest BCUT2D eigenvalue weighted by atomic mass is 10.3. The van der Waals surface area contributed by atoms with E-state index >= 15 is 0 Å². The Morgan fingerprint density at radius 3 is 2.90 bits per heavy atom. The summed E-state index contributed by atoms with van der Waals surface area (Å²) in [5.41, 5.74) is 0.665. The number of carbonyl (C=O) groups excluding carboxylic acids is 1. The number of methoxy groups -OCH3 is 1. The van der Waals surface area contributed by atoms with Crippen molar-refractivity contribution in [3.8, 4) is 5.75 Å². The average molecular weight is 289 g/mol. The molecular weight excluding hydrogens is 270 g/mol. The normalized spacial score (nSPS) is 10.4. The maximum atomic E-state index is 12.1. The van der Waals surface area contributed by atoms with Gasteiger partial charge in [0, 0.05) is 18.9 Å². The fourth-order valence-electron chi connectivity index (χ4n) is 1.80. The molecule has 0 atom stereocenters. The van der Waals surface area contributed by atoms with Gasteiger partial charge in [0.1, 0.15) is 18.1 Å². The van der Waals surface area contributed by atoms with Crippen molar-refractivity contribution >= 4 is 11.6 Å². The van der Waals surface area contributed by atoms with Gasteiger partial charge in [-0.05, 0) is 30.7 Å². The molecule has 0 radical (unpaired) electrons. The van der Waals surface area contributed by atoms with Gasteiger partial charge in [0.05, 0.1) is 6.61 Å². The second-order valence-electron chi connectivity index (χ2n) is 4.53. The molecule has 0 aliphatic heterocycles. The quantitative estimate of drug-likeness (QED) is 0.848. The molecule has 0 unspecified atom stereocenters. The molecule has 0 spiro atoms. The molecule has 1 heterocycles. The number of anilines is 1. The number of carbonyl (C=O) groups is 1. The first-order valence-corrected chi connectivity index (χ1v) is 6.84. The van der Waals surface area contributed by atoms with Crippen molar-refractivity contribution in [2.45, 2.75) is 20.0 Å². The van der Waals surface area contributed by atoms with Crippen molar-refractivity contribution in [2.24, 2.45) is 0 Å². The maximum absolute atomic E-state index is 12.1. The predicted octanol–water partition coefficient (Wildman–Crippen LogP) is 3.47. The lowest BCUT2D eigenvalue weighted by Gasteiger charge is -2.07. The summed E-state index contributed by atoms with van der Waals surface area (Å²) in [5, 5.41) is 2.78. The van der Waals surface area contributed by atoms with Gasteiger partial charge in [0.25, 0.3) is 5.91 Å². The first-order chi connectivity index (χ1) is 10.2. The van der Waals surface area contributed by atoms with E-state index in [1.807, 2.05) is 19.1 Å². The van der Waals surface area contributed by atoms with E-state index < -0.39 is 0 Å². The molecule has 112 valence electrons. The van der Waals surface area contributed by atoms with E-state index in [0.29, 0.717) is 24.7 Å². The highest BCUT2D eigenvalue weighted by Gasteiger charge is 2.11. The number of benzene rings is 1. The van der Waals surface area contributed by atoms with Gasteiger partial charge in [-0.1, -0.05) is 13.0 Å². The van der Waals surface area contributed by atoms with Crippen molar-refractivity contribution in [1.82, 2.24) is 0 Å². The summed E-state index contributed by atoms with van der Waals surface area (Å²) in [5.74, 6) is 1.30. The summed E-state index contributed by atoms with van der Waals surface area (Å²) >= 11 is 0. The molecule has 0 aliphatic carbocycles. The number of hydrogen-bond donors (Lipinski definition) is 1. The third-order valence-corrected chi connectivity index (χ3v) is 2.74. The van der Waals surface area contributed by atoms with Gasteiger partial charge in [0.15, 0.2) is 5.76 Å². The molecule has 1 N–H and O–H groups in total. The number of amides is 1. The topological polar surface area (TPSA) is 60.7 Å². The molecule has 0 saturated heterocycles. The minimum atomic E-state index is -0.301. The zero-order valence-electron chi connectivity index (χ0n) is 12.2. The van der Waals surface area contributed by atoms with Crippen molar-refractivity contribution < 1.29 is 18.7 Å². The zero-order chi connectivity index (χ0) is 15.1. The van der Waals surface area contributed by atoms with Crippen LogP contribution in [0.1, 0.15) is 29.7 Å². The molecule has 0 saturated carbocycles. The van der Waals surface area contributed by atoms with Crippen molar-refractivity contribution in [1.29, 1.82) is 0 Å². The lowest BCUT2D eigenvalue weighted by Crippen LogP contribution is -2.11. The molecule has 2 aromatic rings. The highest BCUT2D eigenvalue weighted by molar-refractivity contribution is 6.02. The van der Waals surface area contributed by atoms with Gasteiger partial charge in [0.2, 0.25) is 0 Å². The fourth-order valence-corrected chi connectivity index (χ4v) is 1.80. The average Bonchev–Trinajstić information content (AvgIpc) is 2.95. The van der Waals surface area contributed by atoms with E-state index in [1.165, 1.54) is 0 Å². The smallest absolute Gasteiger partial charge is 0.291 e. The monoisotopic (exact) mass is 289 g/mol. The molecule has 1 aromatic carbocycles.